The predicted octanol–water partition coefficient (Wildman–Crippen LogP) is 4.26. The van der Waals surface area contributed by atoms with Crippen LogP contribution in [0.1, 0.15) is 44.9 Å². The molecule has 1 atom stereocenters. The van der Waals surface area contributed by atoms with E-state index < -0.39 is 12.0 Å². The number of carbonyl (C=O) groups is 2. The highest BCUT2D eigenvalue weighted by Gasteiger charge is 2.34. The van der Waals surface area contributed by atoms with E-state index in [1.807, 2.05) is 36.4 Å². The number of benzene rings is 2. The van der Waals surface area contributed by atoms with Crippen LogP contribution in [0.25, 0.3) is 5.70 Å². The Balaban J connectivity index is 2.09. The molecule has 2 amide bonds. The van der Waals surface area contributed by atoms with Crippen LogP contribution < -0.4 is 20.3 Å². The van der Waals surface area contributed by atoms with Gasteiger partial charge in [-0.05, 0) is 75.2 Å². The molecule has 32 heavy (non-hydrogen) atoms. The number of anilines is 1. The molecule has 7 heteroatoms. The summed E-state index contributed by atoms with van der Waals surface area (Å²) in [5, 5.41) is 5.69. The van der Waals surface area contributed by atoms with Crippen molar-refractivity contribution in [2.24, 2.45) is 0 Å². The zero-order valence-electron chi connectivity index (χ0n) is 19.3. The second-order valence-corrected chi connectivity index (χ2v) is 7.77. The Morgan fingerprint density at radius 3 is 2.19 bits per heavy atom. The average Bonchev–Trinajstić information content (AvgIpc) is 2.79. The number of urea groups is 1. The molecule has 0 spiro atoms. The number of nitrogens with zero attached hydrogens (tertiary/aromatic N) is 1. The first-order chi connectivity index (χ1) is 15.4. The molecule has 170 valence electrons. The van der Waals surface area contributed by atoms with Crippen molar-refractivity contribution in [3.05, 3.63) is 65.2 Å². The van der Waals surface area contributed by atoms with Crippen LogP contribution in [-0.4, -0.2) is 38.3 Å². The highest BCUT2D eigenvalue weighted by molar-refractivity contribution is 6.04. The molecular formula is C25H31N3O4. The van der Waals surface area contributed by atoms with Crippen LogP contribution in [0, 0.1) is 0 Å². The van der Waals surface area contributed by atoms with E-state index >= 15 is 0 Å². The number of carbonyl (C=O) groups excluding carboxylic acids is 2. The molecule has 0 radical (unpaired) electrons. The average molecular weight is 438 g/mol. The first kappa shape index (κ1) is 23.2. The van der Waals surface area contributed by atoms with Crippen molar-refractivity contribution in [3.8, 4) is 5.75 Å². The SMILES string of the molecule is CCN(CC)c1ccc(C2NC(=O)NC(c3ccc(OC)cc3)=C2C(=O)OC(C)C)cc1. The summed E-state index contributed by atoms with van der Waals surface area (Å²) in [5.74, 6) is 0.209. The third kappa shape index (κ3) is 5.04. The molecule has 1 aliphatic rings. The second kappa shape index (κ2) is 10.2. The van der Waals surface area contributed by atoms with Crippen molar-refractivity contribution in [1.29, 1.82) is 0 Å². The lowest BCUT2D eigenvalue weighted by molar-refractivity contribution is -0.143. The van der Waals surface area contributed by atoms with Gasteiger partial charge in [-0.1, -0.05) is 12.1 Å². The van der Waals surface area contributed by atoms with Gasteiger partial charge in [0.2, 0.25) is 0 Å². The molecule has 0 saturated heterocycles. The summed E-state index contributed by atoms with van der Waals surface area (Å²) < 4.78 is 10.8. The van der Waals surface area contributed by atoms with Crippen molar-refractivity contribution in [2.75, 3.05) is 25.1 Å². The van der Waals surface area contributed by atoms with E-state index in [4.69, 9.17) is 9.47 Å². The fourth-order valence-electron chi connectivity index (χ4n) is 3.76. The fraction of sp³-hybridized carbons (Fsp3) is 0.360. The number of hydrogen-bond acceptors (Lipinski definition) is 5. The smallest absolute Gasteiger partial charge is 0.338 e. The van der Waals surface area contributed by atoms with Crippen molar-refractivity contribution < 1.29 is 19.1 Å². The minimum absolute atomic E-state index is 0.296. The van der Waals surface area contributed by atoms with Crippen molar-refractivity contribution in [1.82, 2.24) is 10.6 Å². The van der Waals surface area contributed by atoms with E-state index in [2.05, 4.69) is 29.4 Å². The van der Waals surface area contributed by atoms with E-state index in [-0.39, 0.29) is 12.1 Å². The van der Waals surface area contributed by atoms with Crippen molar-refractivity contribution in [2.45, 2.75) is 39.8 Å². The maximum Gasteiger partial charge on any atom is 0.338 e. The molecule has 0 aliphatic carbocycles. The summed E-state index contributed by atoms with van der Waals surface area (Å²) in [6, 6.07) is 14.1. The van der Waals surface area contributed by atoms with Crippen LogP contribution in [0.5, 0.6) is 5.75 Å². The summed E-state index contributed by atoms with van der Waals surface area (Å²) in [4.78, 5) is 28.0. The third-order valence-electron chi connectivity index (χ3n) is 5.37. The van der Waals surface area contributed by atoms with Crippen molar-refractivity contribution >= 4 is 23.4 Å². The first-order valence-electron chi connectivity index (χ1n) is 10.9. The second-order valence-electron chi connectivity index (χ2n) is 7.77. The Labute approximate surface area is 189 Å². The summed E-state index contributed by atoms with van der Waals surface area (Å²) in [7, 11) is 1.59. The van der Waals surface area contributed by atoms with E-state index in [0.29, 0.717) is 22.6 Å². The van der Waals surface area contributed by atoms with Crippen molar-refractivity contribution in [3.63, 3.8) is 0 Å². The molecular weight excluding hydrogens is 406 g/mol. The van der Waals surface area contributed by atoms with Crippen LogP contribution in [0.2, 0.25) is 0 Å². The molecule has 0 bridgehead atoms. The maximum absolute atomic E-state index is 13.2. The number of hydrogen-bond donors (Lipinski definition) is 2. The minimum Gasteiger partial charge on any atom is -0.497 e. The van der Waals surface area contributed by atoms with Gasteiger partial charge in [0.1, 0.15) is 5.75 Å². The molecule has 2 aromatic carbocycles. The zero-order valence-corrected chi connectivity index (χ0v) is 19.3. The van der Waals surface area contributed by atoms with Gasteiger partial charge >= 0.3 is 12.0 Å². The normalized spacial score (nSPS) is 15.8. The standard InChI is InChI=1S/C25H31N3O4/c1-6-28(7-2)19-12-8-17(9-13-19)22-21(24(29)32-16(3)4)23(27-25(30)26-22)18-10-14-20(31-5)15-11-18/h8-16,22H,6-7H2,1-5H3,(H2,26,27,30). The Bertz CT molecular complexity index is 977. The lowest BCUT2D eigenvalue weighted by Gasteiger charge is -2.30. The number of ether oxygens (including phenoxy) is 2. The number of methoxy groups -OCH3 is 1. The molecule has 1 aliphatic heterocycles. The lowest BCUT2D eigenvalue weighted by Crippen LogP contribution is -2.45. The molecule has 2 aromatic rings. The number of amides is 2. The summed E-state index contributed by atoms with van der Waals surface area (Å²) >= 11 is 0. The van der Waals surface area contributed by atoms with Gasteiger partial charge in [0.25, 0.3) is 0 Å². The van der Waals surface area contributed by atoms with E-state index in [1.54, 1.807) is 33.1 Å². The molecule has 1 unspecified atom stereocenters. The maximum atomic E-state index is 13.2. The number of rotatable bonds is 8. The molecule has 1 heterocycles. The quantitative estimate of drug-likeness (QED) is 0.604. The van der Waals surface area contributed by atoms with E-state index in [1.165, 1.54) is 0 Å². The Morgan fingerprint density at radius 2 is 1.66 bits per heavy atom. The monoisotopic (exact) mass is 437 g/mol. The van der Waals surface area contributed by atoms with Gasteiger partial charge in [-0.25, -0.2) is 9.59 Å². The minimum atomic E-state index is -0.641. The zero-order chi connectivity index (χ0) is 23.3. The van der Waals surface area contributed by atoms with Gasteiger partial charge in [-0.2, -0.15) is 0 Å². The van der Waals surface area contributed by atoms with Gasteiger partial charge in [-0.3, -0.25) is 0 Å². The van der Waals surface area contributed by atoms with Gasteiger partial charge in [0.15, 0.2) is 0 Å². The molecule has 0 fully saturated rings. The van der Waals surface area contributed by atoms with Crippen LogP contribution in [0.3, 0.4) is 0 Å². The Kier molecular flexibility index (Phi) is 7.41. The van der Waals surface area contributed by atoms with E-state index in [9.17, 15) is 9.59 Å². The number of nitrogens with one attached hydrogen (secondary N) is 2. The van der Waals surface area contributed by atoms with Crippen LogP contribution >= 0.6 is 0 Å². The largest absolute Gasteiger partial charge is 0.497 e. The fourth-order valence-corrected chi connectivity index (χ4v) is 3.76. The molecule has 3 rings (SSSR count). The molecule has 7 nitrogen and oxygen atoms in total. The van der Waals surface area contributed by atoms with Crippen LogP contribution in [0.15, 0.2) is 54.1 Å². The van der Waals surface area contributed by atoms with Gasteiger partial charge < -0.3 is 25.0 Å². The molecule has 2 N–H and O–H groups in total. The Hall–Kier alpha value is -3.48. The van der Waals surface area contributed by atoms with Gasteiger partial charge in [-0.15, -0.1) is 0 Å². The van der Waals surface area contributed by atoms with E-state index in [0.717, 1.165) is 24.3 Å². The Morgan fingerprint density at radius 1 is 1.03 bits per heavy atom. The predicted molar refractivity (Wildman–Crippen MR) is 126 cm³/mol. The topological polar surface area (TPSA) is 79.9 Å². The first-order valence-corrected chi connectivity index (χ1v) is 10.9. The lowest BCUT2D eigenvalue weighted by atomic mass is 9.92. The van der Waals surface area contributed by atoms with Crippen LogP contribution in [-0.2, 0) is 9.53 Å². The highest BCUT2D eigenvalue weighted by atomic mass is 16.5. The molecule has 0 aromatic heterocycles. The summed E-state index contributed by atoms with van der Waals surface area (Å²) in [5.41, 5.74) is 3.38. The highest BCUT2D eigenvalue weighted by Crippen LogP contribution is 2.33. The number of esters is 1. The summed E-state index contributed by atoms with van der Waals surface area (Å²) in [6.45, 7) is 9.60. The van der Waals surface area contributed by atoms with Gasteiger partial charge in [0.05, 0.1) is 30.5 Å². The molecule has 0 saturated carbocycles. The van der Waals surface area contributed by atoms with Gasteiger partial charge in [0, 0.05) is 18.8 Å². The van der Waals surface area contributed by atoms with Crippen LogP contribution in [0.4, 0.5) is 10.5 Å². The summed E-state index contributed by atoms with van der Waals surface area (Å²) in [6.07, 6.45) is -0.296. The third-order valence-corrected chi connectivity index (χ3v) is 5.37.